The first-order valence-electron chi connectivity index (χ1n) is 4.91. The Balaban J connectivity index is 2.25. The Morgan fingerprint density at radius 3 is 2.37 bits per heavy atom. The molecule has 1 amide bonds. The van der Waals surface area contributed by atoms with Crippen LogP contribution in [0, 0.1) is 17.5 Å². The molecule has 0 atom stereocenters. The van der Waals surface area contributed by atoms with Crippen molar-refractivity contribution in [2.75, 3.05) is 5.32 Å². The Bertz CT molecular complexity index is 634. The lowest BCUT2D eigenvalue weighted by Crippen LogP contribution is -2.16. The number of nitrogens with zero attached hydrogens (tertiary/aromatic N) is 2. The molecule has 0 saturated carbocycles. The molecule has 0 aliphatic carbocycles. The zero-order valence-electron chi connectivity index (χ0n) is 9.12. The number of anilines is 1. The Morgan fingerprint density at radius 1 is 1.11 bits per heavy atom. The van der Waals surface area contributed by atoms with E-state index >= 15 is 0 Å². The fraction of sp³-hybridized carbons (Fsp3) is 0. The number of carbonyl (C=O) groups is 1. The molecule has 2 rings (SSSR count). The molecule has 0 aliphatic heterocycles. The molecule has 0 unspecified atom stereocenters. The summed E-state index contributed by atoms with van der Waals surface area (Å²) in [7, 11) is 0. The van der Waals surface area contributed by atoms with Crippen molar-refractivity contribution in [1.82, 2.24) is 9.97 Å². The van der Waals surface area contributed by atoms with E-state index < -0.39 is 28.9 Å². The number of amides is 1. The van der Waals surface area contributed by atoms with Crippen LogP contribution in [-0.4, -0.2) is 15.9 Å². The second-order valence-corrected chi connectivity index (χ2v) is 4.32. The molecule has 19 heavy (non-hydrogen) atoms. The van der Waals surface area contributed by atoms with Gasteiger partial charge in [-0.15, -0.1) is 0 Å². The van der Waals surface area contributed by atoms with E-state index in [-0.39, 0.29) is 5.95 Å². The molecule has 0 bridgehead atoms. The van der Waals surface area contributed by atoms with Crippen LogP contribution in [0.4, 0.5) is 19.1 Å². The standard InChI is InChI=1S/C11H5BrF3N3O/c12-5-3-16-11(17-4-5)18-10(19)6-1-2-7(13)9(15)8(6)14/h1-4H,(H,16,17,18,19). The van der Waals surface area contributed by atoms with Crippen molar-refractivity contribution in [3.8, 4) is 0 Å². The zero-order valence-corrected chi connectivity index (χ0v) is 10.7. The summed E-state index contributed by atoms with van der Waals surface area (Å²) >= 11 is 3.10. The normalized spacial score (nSPS) is 10.3. The maximum absolute atomic E-state index is 13.4. The van der Waals surface area contributed by atoms with Gasteiger partial charge in [0.25, 0.3) is 5.91 Å². The molecule has 0 aliphatic rings. The molecule has 0 saturated heterocycles. The SMILES string of the molecule is O=C(Nc1ncc(Br)cn1)c1ccc(F)c(F)c1F. The van der Waals surface area contributed by atoms with Crippen LogP contribution in [0.15, 0.2) is 29.0 Å². The highest BCUT2D eigenvalue weighted by atomic mass is 79.9. The smallest absolute Gasteiger partial charge is 0.261 e. The fourth-order valence-corrected chi connectivity index (χ4v) is 1.45. The number of halogens is 4. The highest BCUT2D eigenvalue weighted by Crippen LogP contribution is 2.16. The van der Waals surface area contributed by atoms with Crippen LogP contribution in [0.1, 0.15) is 10.4 Å². The molecule has 1 aromatic carbocycles. The summed E-state index contributed by atoms with van der Waals surface area (Å²) in [5.74, 6) is -5.69. The van der Waals surface area contributed by atoms with Gasteiger partial charge >= 0.3 is 0 Å². The number of nitrogens with one attached hydrogen (secondary N) is 1. The first-order valence-corrected chi connectivity index (χ1v) is 5.70. The van der Waals surface area contributed by atoms with Crippen molar-refractivity contribution in [3.63, 3.8) is 0 Å². The van der Waals surface area contributed by atoms with E-state index in [1.54, 1.807) is 0 Å². The zero-order chi connectivity index (χ0) is 14.0. The van der Waals surface area contributed by atoms with E-state index in [1.807, 2.05) is 0 Å². The van der Waals surface area contributed by atoms with Crippen LogP contribution >= 0.6 is 15.9 Å². The third-order valence-electron chi connectivity index (χ3n) is 2.13. The average molecular weight is 332 g/mol. The third kappa shape index (κ3) is 2.90. The highest BCUT2D eigenvalue weighted by Gasteiger charge is 2.19. The largest absolute Gasteiger partial charge is 0.290 e. The van der Waals surface area contributed by atoms with Gasteiger partial charge in [-0.1, -0.05) is 0 Å². The van der Waals surface area contributed by atoms with Gasteiger partial charge in [-0.25, -0.2) is 23.1 Å². The van der Waals surface area contributed by atoms with Crippen molar-refractivity contribution in [1.29, 1.82) is 0 Å². The van der Waals surface area contributed by atoms with Crippen molar-refractivity contribution < 1.29 is 18.0 Å². The van der Waals surface area contributed by atoms with Crippen LogP contribution in [0.2, 0.25) is 0 Å². The predicted molar refractivity (Wildman–Crippen MR) is 64.0 cm³/mol. The number of hydrogen-bond acceptors (Lipinski definition) is 3. The topological polar surface area (TPSA) is 54.9 Å². The number of benzene rings is 1. The summed E-state index contributed by atoms with van der Waals surface area (Å²) in [6.07, 6.45) is 2.73. The summed E-state index contributed by atoms with van der Waals surface area (Å²) in [4.78, 5) is 19.1. The molecule has 8 heteroatoms. The lowest BCUT2D eigenvalue weighted by Gasteiger charge is -2.05. The lowest BCUT2D eigenvalue weighted by atomic mass is 10.2. The maximum atomic E-state index is 13.4. The first kappa shape index (κ1) is 13.5. The van der Waals surface area contributed by atoms with Gasteiger partial charge in [-0.05, 0) is 28.1 Å². The average Bonchev–Trinajstić information content (AvgIpc) is 2.39. The van der Waals surface area contributed by atoms with Crippen molar-refractivity contribution >= 4 is 27.8 Å². The summed E-state index contributed by atoms with van der Waals surface area (Å²) in [6.45, 7) is 0. The Labute approximate surface area is 113 Å². The first-order chi connectivity index (χ1) is 8.99. The molecule has 0 radical (unpaired) electrons. The fourth-order valence-electron chi connectivity index (χ4n) is 1.25. The molecule has 0 spiro atoms. The number of rotatable bonds is 2. The number of carbonyl (C=O) groups excluding carboxylic acids is 1. The van der Waals surface area contributed by atoms with Gasteiger partial charge in [0.1, 0.15) is 0 Å². The second-order valence-electron chi connectivity index (χ2n) is 3.40. The second kappa shape index (κ2) is 5.35. The van der Waals surface area contributed by atoms with Gasteiger partial charge in [0.05, 0.1) is 10.0 Å². The van der Waals surface area contributed by atoms with Crippen LogP contribution in [0.5, 0.6) is 0 Å². The van der Waals surface area contributed by atoms with Gasteiger partial charge in [-0.2, -0.15) is 0 Å². The lowest BCUT2D eigenvalue weighted by molar-refractivity contribution is 0.102. The Kier molecular flexibility index (Phi) is 3.79. The Morgan fingerprint density at radius 2 is 1.74 bits per heavy atom. The molecule has 1 aromatic heterocycles. The van der Waals surface area contributed by atoms with Gasteiger partial charge in [0, 0.05) is 12.4 Å². The van der Waals surface area contributed by atoms with Gasteiger partial charge in [-0.3, -0.25) is 10.1 Å². The molecule has 0 fully saturated rings. The van der Waals surface area contributed by atoms with Crippen molar-refractivity contribution in [3.05, 3.63) is 52.0 Å². The van der Waals surface area contributed by atoms with E-state index in [1.165, 1.54) is 12.4 Å². The van der Waals surface area contributed by atoms with E-state index in [0.717, 1.165) is 6.07 Å². The minimum Gasteiger partial charge on any atom is -0.290 e. The van der Waals surface area contributed by atoms with Crippen LogP contribution in [0.3, 0.4) is 0 Å². The third-order valence-corrected chi connectivity index (χ3v) is 2.53. The highest BCUT2D eigenvalue weighted by molar-refractivity contribution is 9.10. The molecular formula is C11H5BrF3N3O. The van der Waals surface area contributed by atoms with E-state index in [2.05, 4.69) is 31.2 Å². The van der Waals surface area contributed by atoms with Crippen LogP contribution in [0.25, 0.3) is 0 Å². The molecule has 98 valence electrons. The Hall–Kier alpha value is -1.96. The van der Waals surface area contributed by atoms with Gasteiger partial charge < -0.3 is 0 Å². The van der Waals surface area contributed by atoms with E-state index in [9.17, 15) is 18.0 Å². The molecular weight excluding hydrogens is 327 g/mol. The molecule has 4 nitrogen and oxygen atoms in total. The van der Waals surface area contributed by atoms with Gasteiger partial charge in [0.15, 0.2) is 17.5 Å². The quantitative estimate of drug-likeness (QED) is 0.861. The van der Waals surface area contributed by atoms with Gasteiger partial charge in [0.2, 0.25) is 5.95 Å². The molecule has 1 N–H and O–H groups in total. The summed E-state index contributed by atoms with van der Waals surface area (Å²) < 4.78 is 39.6. The van der Waals surface area contributed by atoms with E-state index in [0.29, 0.717) is 10.5 Å². The predicted octanol–water partition coefficient (Wildman–Crippen LogP) is 2.91. The van der Waals surface area contributed by atoms with E-state index in [4.69, 9.17) is 0 Å². The molecule has 1 heterocycles. The molecule has 2 aromatic rings. The van der Waals surface area contributed by atoms with Crippen LogP contribution in [-0.2, 0) is 0 Å². The van der Waals surface area contributed by atoms with Crippen molar-refractivity contribution in [2.24, 2.45) is 0 Å². The summed E-state index contributed by atoms with van der Waals surface area (Å²) in [6, 6.07) is 1.50. The summed E-state index contributed by atoms with van der Waals surface area (Å²) in [5, 5.41) is 2.16. The summed E-state index contributed by atoms with van der Waals surface area (Å²) in [5.41, 5.74) is -0.634. The van der Waals surface area contributed by atoms with Crippen molar-refractivity contribution in [2.45, 2.75) is 0 Å². The minimum absolute atomic E-state index is 0.0858. The number of hydrogen-bond donors (Lipinski definition) is 1. The monoisotopic (exact) mass is 331 g/mol. The number of aromatic nitrogens is 2. The minimum atomic E-state index is -1.70. The maximum Gasteiger partial charge on any atom is 0.261 e. The van der Waals surface area contributed by atoms with Crippen LogP contribution < -0.4 is 5.32 Å².